The number of nitrogens with zero attached hydrogens (tertiary/aromatic N) is 5. The van der Waals surface area contributed by atoms with Gasteiger partial charge in [0.2, 0.25) is 5.91 Å². The van der Waals surface area contributed by atoms with Gasteiger partial charge in [-0.3, -0.25) is 25.0 Å². The second-order valence-electron chi connectivity index (χ2n) is 17.2. The molecule has 394 valence electrons. The van der Waals surface area contributed by atoms with E-state index in [1.165, 1.54) is 42.4 Å². The van der Waals surface area contributed by atoms with Crippen LogP contribution in [0.15, 0.2) is 155 Å². The van der Waals surface area contributed by atoms with E-state index in [1.807, 2.05) is 89.9 Å². The quantitative estimate of drug-likeness (QED) is 0.0449. The van der Waals surface area contributed by atoms with E-state index < -0.39 is 35.0 Å². The summed E-state index contributed by atoms with van der Waals surface area (Å²) >= 11 is 6.44. The van der Waals surface area contributed by atoms with Crippen LogP contribution < -0.4 is 10.6 Å². The largest absolute Gasteiger partial charge is 0.480 e. The number of hydrogen-bond donors (Lipinski definition) is 3. The molecule has 0 radical (unpaired) electrons. The van der Waals surface area contributed by atoms with Crippen molar-refractivity contribution in [3.05, 3.63) is 209 Å². The first-order valence-electron chi connectivity index (χ1n) is 23.7. The molecule has 0 saturated carbocycles. The van der Waals surface area contributed by atoms with Crippen LogP contribution in [0.25, 0.3) is 19.8 Å². The number of thiophene rings is 2. The van der Waals surface area contributed by atoms with E-state index in [-0.39, 0.29) is 46.9 Å². The Labute approximate surface area is 455 Å². The fourth-order valence-electron chi connectivity index (χ4n) is 7.86. The van der Waals surface area contributed by atoms with E-state index in [0.717, 1.165) is 55.0 Å². The molecule has 0 fully saturated rings. The number of aliphatic carboxylic acids is 1. The number of amides is 2. The summed E-state index contributed by atoms with van der Waals surface area (Å²) in [6, 6.07) is 38.6. The van der Waals surface area contributed by atoms with Crippen LogP contribution >= 0.6 is 45.3 Å². The zero-order valence-corrected chi connectivity index (χ0v) is 45.1. The molecule has 0 aliphatic heterocycles. The molecule has 4 aromatic carbocycles. The lowest BCUT2D eigenvalue weighted by molar-refractivity contribution is -0.385. The van der Waals surface area contributed by atoms with Crippen LogP contribution in [0.3, 0.4) is 0 Å². The molecule has 0 aliphatic carbocycles. The summed E-state index contributed by atoms with van der Waals surface area (Å²) in [6.07, 6.45) is 1.27. The highest BCUT2D eigenvalue weighted by Gasteiger charge is 2.31. The van der Waals surface area contributed by atoms with Crippen molar-refractivity contribution < 1.29 is 38.9 Å². The average Bonchev–Trinajstić information content (AvgIpc) is 4.29. The number of aromatic nitrogens is 2. The Morgan fingerprint density at radius 3 is 1.57 bits per heavy atom. The van der Waals surface area contributed by atoms with Gasteiger partial charge in [-0.05, 0) is 78.4 Å². The summed E-state index contributed by atoms with van der Waals surface area (Å²) in [5, 5.41) is 46.2. The average molecular weight is 1100 g/mol. The Balaban J connectivity index is 0.000000204. The van der Waals surface area contributed by atoms with Gasteiger partial charge in [0.1, 0.15) is 21.8 Å². The third kappa shape index (κ3) is 17.1. The minimum absolute atomic E-state index is 0.0164. The number of carbonyl (C=O) groups excluding carboxylic acids is 3. The van der Waals surface area contributed by atoms with Gasteiger partial charge in [-0.1, -0.05) is 97.1 Å². The molecule has 3 N–H and O–H groups in total. The number of nitro benzene ring substituents is 2. The number of nitro groups is 2. The minimum atomic E-state index is -1.09. The van der Waals surface area contributed by atoms with Crippen molar-refractivity contribution in [3.8, 4) is 19.8 Å². The van der Waals surface area contributed by atoms with Gasteiger partial charge in [0, 0.05) is 60.8 Å². The van der Waals surface area contributed by atoms with Gasteiger partial charge in [0.05, 0.1) is 50.2 Å². The molecule has 76 heavy (non-hydrogen) atoms. The van der Waals surface area contributed by atoms with E-state index in [2.05, 4.69) is 26.8 Å². The number of non-ortho nitro benzene ring substituents is 2. The number of methoxy groups -OCH3 is 1. The zero-order chi connectivity index (χ0) is 54.6. The lowest BCUT2D eigenvalue weighted by atomic mass is 9.92. The molecule has 8 aromatic rings. The lowest BCUT2D eigenvalue weighted by Gasteiger charge is -2.30. The Kier molecular flexibility index (Phi) is 21.7. The Hall–Kier alpha value is -7.82. The van der Waals surface area contributed by atoms with Crippen molar-refractivity contribution in [1.82, 2.24) is 25.5 Å². The van der Waals surface area contributed by atoms with Crippen LogP contribution in [0.4, 0.5) is 16.2 Å². The zero-order valence-electron chi connectivity index (χ0n) is 41.8. The van der Waals surface area contributed by atoms with Crippen molar-refractivity contribution in [1.29, 1.82) is 0 Å². The number of Topliss-reactive ketones (excluding diaryl/α,β-unsaturated/α-hetero) is 1. The Morgan fingerprint density at radius 1 is 0.645 bits per heavy atom. The van der Waals surface area contributed by atoms with Crippen LogP contribution in [-0.4, -0.2) is 80.8 Å². The van der Waals surface area contributed by atoms with Gasteiger partial charge >= 0.3 is 12.1 Å². The van der Waals surface area contributed by atoms with Crippen molar-refractivity contribution in [2.45, 2.75) is 57.2 Å². The Morgan fingerprint density at radius 2 is 1.12 bits per heavy atom. The standard InChI is InChI=1S/C28H27N3O4S2.C16H15N3O2S2.C11H13NO4/c1-19(32)15-22(16-20-7-4-3-5-8-20)28(33)30(2)25(17-21-10-12-23(13-11-21)31(34)35)24-18-37-27(29-24)26-9-6-14-36-26;1-17-13(9-11-4-6-12(7-5-11)19(20)21)14-10-23-16(18-14)15-3-2-8-22-15;1-16-11(15)12-9(10(13)14)7-8-5-3-2-4-6-8/h3-14,18,22,25H,15-17H2,1-2H3;2-8,10,13,17H,9H2,1H3;2-6,9H,7H2,1H3,(H,12,15)(H,13,14)/t22-,25-;13-;9-/m000/s1. The fourth-order valence-corrected chi connectivity index (χ4v) is 11.2. The van der Waals surface area contributed by atoms with Gasteiger partial charge in [0.25, 0.3) is 11.4 Å². The maximum absolute atomic E-state index is 13.8. The molecule has 4 atom stereocenters. The number of rotatable bonds is 21. The van der Waals surface area contributed by atoms with Crippen LogP contribution in [0, 0.1) is 26.1 Å². The van der Waals surface area contributed by atoms with Crippen LogP contribution in [0.1, 0.15) is 59.1 Å². The first kappa shape index (κ1) is 57.5. The molecule has 2 amide bonds. The van der Waals surface area contributed by atoms with E-state index in [0.29, 0.717) is 12.8 Å². The molecular formula is C55H55N7O10S4. The molecule has 0 unspecified atom stereocenters. The maximum atomic E-state index is 13.8. The predicted molar refractivity (Wildman–Crippen MR) is 298 cm³/mol. The molecule has 8 rings (SSSR count). The van der Waals surface area contributed by atoms with Crippen LogP contribution in [0.2, 0.25) is 0 Å². The van der Waals surface area contributed by atoms with Crippen molar-refractivity contribution >= 4 is 80.5 Å². The highest BCUT2D eigenvalue weighted by molar-refractivity contribution is 7.20. The molecule has 0 spiro atoms. The van der Waals surface area contributed by atoms with Gasteiger partial charge < -0.3 is 30.2 Å². The summed E-state index contributed by atoms with van der Waals surface area (Å²) in [5.41, 5.74) is 5.62. The third-order valence-electron chi connectivity index (χ3n) is 11.8. The van der Waals surface area contributed by atoms with E-state index in [1.54, 1.807) is 94.5 Å². The van der Waals surface area contributed by atoms with Crippen molar-refractivity contribution in [2.24, 2.45) is 5.92 Å². The van der Waals surface area contributed by atoms with E-state index >= 15 is 0 Å². The molecule has 17 nitrogen and oxygen atoms in total. The number of likely N-dealkylation sites (N-methyl/N-ethyl adjacent to an activating group) is 2. The summed E-state index contributed by atoms with van der Waals surface area (Å²) in [4.78, 5) is 82.2. The lowest BCUT2D eigenvalue weighted by Crippen LogP contribution is -2.42. The van der Waals surface area contributed by atoms with E-state index in [9.17, 15) is 39.4 Å². The van der Waals surface area contributed by atoms with Crippen molar-refractivity contribution in [2.75, 3.05) is 21.2 Å². The third-order valence-corrected chi connectivity index (χ3v) is 15.6. The number of carbonyl (C=O) groups is 4. The van der Waals surface area contributed by atoms with Crippen LogP contribution in [-0.2, 0) is 44.8 Å². The number of thiazole rings is 2. The summed E-state index contributed by atoms with van der Waals surface area (Å²) < 4.78 is 4.36. The van der Waals surface area contributed by atoms with Gasteiger partial charge in [-0.25, -0.2) is 19.6 Å². The molecule has 0 bridgehead atoms. The second kappa shape index (κ2) is 28.7. The Bertz CT molecular complexity index is 3120. The normalized spacial score (nSPS) is 12.3. The first-order chi connectivity index (χ1) is 36.6. The summed E-state index contributed by atoms with van der Waals surface area (Å²) in [5.74, 6) is -1.76. The number of carboxylic acid groups (broad SMARTS) is 1. The minimum Gasteiger partial charge on any atom is -0.480 e. The van der Waals surface area contributed by atoms with Gasteiger partial charge in [-0.15, -0.1) is 45.3 Å². The number of ketones is 1. The number of hydrogen-bond acceptors (Lipinski definition) is 16. The molecule has 0 saturated heterocycles. The highest BCUT2D eigenvalue weighted by Crippen LogP contribution is 2.34. The molecule has 0 aliphatic rings. The monoisotopic (exact) mass is 1100 g/mol. The first-order valence-corrected chi connectivity index (χ1v) is 27.2. The van der Waals surface area contributed by atoms with Crippen molar-refractivity contribution in [3.63, 3.8) is 0 Å². The molecule has 4 aromatic heterocycles. The van der Waals surface area contributed by atoms with Gasteiger partial charge in [0.15, 0.2) is 0 Å². The fraction of sp³-hybridized carbons (Fsp3) is 0.236. The maximum Gasteiger partial charge on any atom is 0.407 e. The molecular weight excluding hydrogens is 1050 g/mol. The number of benzene rings is 4. The number of nitrogens with one attached hydrogen (secondary N) is 2. The molecule has 4 heterocycles. The SMILES string of the molecule is CC(=O)C[C@@H](Cc1ccccc1)C(=O)N(C)[C@@H](Cc1ccc([N+](=O)[O-])cc1)c1csc(-c2cccs2)n1.CN[C@@H](Cc1ccc([N+](=O)[O-])cc1)c1csc(-c2cccs2)n1.COC(=O)N[C@@H](Cc1ccccc1)C(=O)O. The highest BCUT2D eigenvalue weighted by atomic mass is 32.1. The number of carboxylic acids is 1. The number of alkyl carbamates (subject to hydrolysis) is 1. The summed E-state index contributed by atoms with van der Waals surface area (Å²) in [6.45, 7) is 1.51. The summed E-state index contributed by atoms with van der Waals surface area (Å²) in [7, 11) is 4.84. The topological polar surface area (TPSA) is 237 Å². The second-order valence-corrected chi connectivity index (χ2v) is 20.8. The van der Waals surface area contributed by atoms with E-state index in [4.69, 9.17) is 15.1 Å². The van der Waals surface area contributed by atoms with Crippen LogP contribution in [0.5, 0.6) is 0 Å². The molecule has 21 heteroatoms. The predicted octanol–water partition coefficient (Wildman–Crippen LogP) is 11.7. The smallest absolute Gasteiger partial charge is 0.407 e. The number of ether oxygens (including phenoxy) is 1. The van der Waals surface area contributed by atoms with Gasteiger partial charge in [-0.2, -0.15) is 0 Å².